The molecule has 5 heteroatoms. The van der Waals surface area contributed by atoms with Crippen molar-refractivity contribution in [2.24, 2.45) is 0 Å². The molecule has 0 aliphatic rings. The average Bonchev–Trinajstić information content (AvgIpc) is 2.20. The Balaban J connectivity index is 3.93. The van der Waals surface area contributed by atoms with E-state index >= 15 is 0 Å². The summed E-state index contributed by atoms with van der Waals surface area (Å²) < 4.78 is 0. The van der Waals surface area contributed by atoms with Gasteiger partial charge in [0.25, 0.3) is 0 Å². The fourth-order valence-corrected chi connectivity index (χ4v) is 1.15. The molecule has 5 nitrogen and oxygen atoms in total. The number of likely N-dealkylation sites (N-methyl/N-ethyl adjacent to an activating group) is 1. The summed E-state index contributed by atoms with van der Waals surface area (Å²) >= 11 is 0. The van der Waals surface area contributed by atoms with Crippen molar-refractivity contribution in [3.63, 3.8) is 0 Å². The van der Waals surface area contributed by atoms with Crippen LogP contribution in [0.2, 0.25) is 0 Å². The summed E-state index contributed by atoms with van der Waals surface area (Å²) in [6.45, 7) is 4.74. The van der Waals surface area contributed by atoms with Gasteiger partial charge in [0, 0.05) is 0 Å². The van der Waals surface area contributed by atoms with Gasteiger partial charge in [-0.2, -0.15) is 0 Å². The highest BCUT2D eigenvalue weighted by molar-refractivity contribution is 5.84. The summed E-state index contributed by atoms with van der Waals surface area (Å²) in [5, 5.41) is 14.2. The summed E-state index contributed by atoms with van der Waals surface area (Å²) in [6, 6.07) is -0.754. The molecule has 0 rings (SSSR count). The van der Waals surface area contributed by atoms with Gasteiger partial charge in [0.05, 0.1) is 6.54 Å². The first kappa shape index (κ1) is 13.9. The standard InChI is InChI=1S/C10H20N2O3/c1-3-5-6-8(10(14)15)12-9(13)7-11-4-2/h8,11H,3-7H2,1-2H3,(H,12,13)(H,14,15)/t8-/m0/s1. The first-order valence-electron chi connectivity index (χ1n) is 5.34. The summed E-state index contributed by atoms with van der Waals surface area (Å²) in [5.74, 6) is -1.23. The predicted molar refractivity (Wildman–Crippen MR) is 57.6 cm³/mol. The zero-order valence-electron chi connectivity index (χ0n) is 9.38. The number of hydrogen-bond acceptors (Lipinski definition) is 3. The number of carboxylic acid groups (broad SMARTS) is 1. The topological polar surface area (TPSA) is 78.4 Å². The van der Waals surface area contributed by atoms with Crippen LogP contribution in [0, 0.1) is 0 Å². The third-order valence-electron chi connectivity index (χ3n) is 2.02. The molecule has 0 bridgehead atoms. The second-order valence-electron chi connectivity index (χ2n) is 3.38. The number of rotatable bonds is 8. The molecular weight excluding hydrogens is 196 g/mol. The summed E-state index contributed by atoms with van der Waals surface area (Å²) in [5.41, 5.74) is 0. The number of carbonyl (C=O) groups excluding carboxylic acids is 1. The highest BCUT2D eigenvalue weighted by atomic mass is 16.4. The molecule has 0 aromatic carbocycles. The molecule has 88 valence electrons. The Morgan fingerprint density at radius 2 is 2.00 bits per heavy atom. The number of unbranched alkanes of at least 4 members (excludes halogenated alkanes) is 1. The minimum atomic E-state index is -0.965. The normalized spacial score (nSPS) is 12.1. The van der Waals surface area contributed by atoms with Crippen LogP contribution in [-0.2, 0) is 9.59 Å². The molecule has 0 saturated carbocycles. The Hall–Kier alpha value is -1.10. The van der Waals surface area contributed by atoms with Gasteiger partial charge in [-0.15, -0.1) is 0 Å². The summed E-state index contributed by atoms with van der Waals surface area (Å²) in [4.78, 5) is 22.0. The van der Waals surface area contributed by atoms with Crippen molar-refractivity contribution in [2.75, 3.05) is 13.1 Å². The largest absolute Gasteiger partial charge is 0.480 e. The van der Waals surface area contributed by atoms with E-state index in [2.05, 4.69) is 10.6 Å². The fraction of sp³-hybridized carbons (Fsp3) is 0.800. The number of amides is 1. The lowest BCUT2D eigenvalue weighted by molar-refractivity contribution is -0.141. The first-order valence-corrected chi connectivity index (χ1v) is 5.34. The van der Waals surface area contributed by atoms with Gasteiger partial charge in [-0.05, 0) is 13.0 Å². The Morgan fingerprint density at radius 3 is 2.47 bits per heavy atom. The van der Waals surface area contributed by atoms with E-state index < -0.39 is 12.0 Å². The number of aliphatic carboxylic acids is 1. The molecule has 0 saturated heterocycles. The molecule has 3 N–H and O–H groups in total. The van der Waals surface area contributed by atoms with Crippen LogP contribution in [0.5, 0.6) is 0 Å². The average molecular weight is 216 g/mol. The smallest absolute Gasteiger partial charge is 0.326 e. The lowest BCUT2D eigenvalue weighted by Gasteiger charge is -2.13. The quantitative estimate of drug-likeness (QED) is 0.547. The third-order valence-corrected chi connectivity index (χ3v) is 2.02. The van der Waals surface area contributed by atoms with Crippen LogP contribution in [0.4, 0.5) is 0 Å². The van der Waals surface area contributed by atoms with Gasteiger partial charge < -0.3 is 15.7 Å². The van der Waals surface area contributed by atoms with E-state index in [0.717, 1.165) is 12.8 Å². The van der Waals surface area contributed by atoms with E-state index in [4.69, 9.17) is 5.11 Å². The van der Waals surface area contributed by atoms with Crippen LogP contribution in [0.1, 0.15) is 33.1 Å². The van der Waals surface area contributed by atoms with Gasteiger partial charge in [0.2, 0.25) is 5.91 Å². The van der Waals surface area contributed by atoms with Crippen molar-refractivity contribution < 1.29 is 14.7 Å². The highest BCUT2D eigenvalue weighted by Crippen LogP contribution is 2.00. The lowest BCUT2D eigenvalue weighted by Crippen LogP contribution is -2.44. The van der Waals surface area contributed by atoms with Crippen LogP contribution in [0.3, 0.4) is 0 Å². The van der Waals surface area contributed by atoms with Crippen LogP contribution in [0.25, 0.3) is 0 Å². The number of nitrogens with one attached hydrogen (secondary N) is 2. The zero-order valence-corrected chi connectivity index (χ0v) is 9.38. The molecule has 0 heterocycles. The van der Waals surface area contributed by atoms with Crippen molar-refractivity contribution in [1.29, 1.82) is 0 Å². The van der Waals surface area contributed by atoms with Crippen LogP contribution in [0.15, 0.2) is 0 Å². The van der Waals surface area contributed by atoms with Crippen LogP contribution in [-0.4, -0.2) is 36.1 Å². The molecular formula is C10H20N2O3. The van der Waals surface area contributed by atoms with Crippen LogP contribution < -0.4 is 10.6 Å². The fourth-order valence-electron chi connectivity index (χ4n) is 1.15. The van der Waals surface area contributed by atoms with E-state index in [0.29, 0.717) is 13.0 Å². The molecule has 1 atom stereocenters. The Labute approximate surface area is 90.2 Å². The maximum absolute atomic E-state index is 11.2. The lowest BCUT2D eigenvalue weighted by atomic mass is 10.1. The van der Waals surface area contributed by atoms with Crippen molar-refractivity contribution >= 4 is 11.9 Å². The zero-order chi connectivity index (χ0) is 11.7. The first-order chi connectivity index (χ1) is 7.11. The second-order valence-corrected chi connectivity index (χ2v) is 3.38. The molecule has 0 aromatic rings. The minimum absolute atomic E-state index is 0.173. The third kappa shape index (κ3) is 6.90. The molecule has 0 aliphatic heterocycles. The maximum atomic E-state index is 11.2. The van der Waals surface area contributed by atoms with Gasteiger partial charge in [0.15, 0.2) is 0 Å². The number of carbonyl (C=O) groups is 2. The van der Waals surface area contributed by atoms with Crippen molar-refractivity contribution in [3.8, 4) is 0 Å². The maximum Gasteiger partial charge on any atom is 0.326 e. The van der Waals surface area contributed by atoms with E-state index in [9.17, 15) is 9.59 Å². The molecule has 0 aliphatic carbocycles. The Kier molecular flexibility index (Phi) is 7.62. The van der Waals surface area contributed by atoms with Gasteiger partial charge in [0.1, 0.15) is 6.04 Å². The van der Waals surface area contributed by atoms with E-state index in [1.54, 1.807) is 0 Å². The SMILES string of the molecule is CCCC[C@H](NC(=O)CNCC)C(=O)O. The van der Waals surface area contributed by atoms with E-state index in [1.807, 2.05) is 13.8 Å². The molecule has 0 aromatic heterocycles. The Morgan fingerprint density at radius 1 is 1.33 bits per heavy atom. The monoisotopic (exact) mass is 216 g/mol. The molecule has 0 fully saturated rings. The van der Waals surface area contributed by atoms with Gasteiger partial charge >= 0.3 is 5.97 Å². The van der Waals surface area contributed by atoms with Crippen molar-refractivity contribution in [2.45, 2.75) is 39.2 Å². The minimum Gasteiger partial charge on any atom is -0.480 e. The van der Waals surface area contributed by atoms with Crippen LogP contribution >= 0.6 is 0 Å². The predicted octanol–water partition coefficient (Wildman–Crippen LogP) is 0.355. The number of carboxylic acids is 1. The summed E-state index contributed by atoms with van der Waals surface area (Å²) in [7, 11) is 0. The van der Waals surface area contributed by atoms with Gasteiger partial charge in [-0.1, -0.05) is 26.7 Å². The van der Waals surface area contributed by atoms with Gasteiger partial charge in [-0.25, -0.2) is 4.79 Å². The van der Waals surface area contributed by atoms with Crippen molar-refractivity contribution in [1.82, 2.24) is 10.6 Å². The van der Waals surface area contributed by atoms with Crippen molar-refractivity contribution in [3.05, 3.63) is 0 Å². The van der Waals surface area contributed by atoms with Gasteiger partial charge in [-0.3, -0.25) is 4.79 Å². The number of hydrogen-bond donors (Lipinski definition) is 3. The van der Waals surface area contributed by atoms with E-state index in [1.165, 1.54) is 0 Å². The molecule has 1 amide bonds. The molecule has 0 radical (unpaired) electrons. The summed E-state index contributed by atoms with van der Waals surface area (Å²) in [6.07, 6.45) is 2.22. The molecule has 0 unspecified atom stereocenters. The van der Waals surface area contributed by atoms with E-state index in [-0.39, 0.29) is 12.5 Å². The highest BCUT2D eigenvalue weighted by Gasteiger charge is 2.18. The second kappa shape index (κ2) is 8.23. The molecule has 0 spiro atoms. The Bertz CT molecular complexity index is 207. The molecule has 15 heavy (non-hydrogen) atoms.